The number of carbonyl (C=O) groups excluding carboxylic acids is 1. The summed E-state index contributed by atoms with van der Waals surface area (Å²) in [6, 6.07) is 0. The van der Waals surface area contributed by atoms with Gasteiger partial charge in [0, 0.05) is 13.2 Å². The molecule has 0 heterocycles. The van der Waals surface area contributed by atoms with Crippen molar-refractivity contribution in [2.75, 3.05) is 13.2 Å². The number of amides is 1. The van der Waals surface area contributed by atoms with Crippen LogP contribution in [0.25, 0.3) is 0 Å². The van der Waals surface area contributed by atoms with Crippen molar-refractivity contribution in [3.8, 4) is 0 Å². The Balaban J connectivity index is 2.26. The van der Waals surface area contributed by atoms with Gasteiger partial charge in [0.05, 0.1) is 11.8 Å². The average Bonchev–Trinajstić information content (AvgIpc) is 2.83. The number of carboxylic acids is 1. The Labute approximate surface area is 108 Å². The van der Waals surface area contributed by atoms with Crippen molar-refractivity contribution in [2.24, 2.45) is 17.8 Å². The van der Waals surface area contributed by atoms with E-state index in [-0.39, 0.29) is 24.3 Å². The molecule has 5 heteroatoms. The van der Waals surface area contributed by atoms with E-state index in [4.69, 9.17) is 10.2 Å². The SMILES string of the molecule is CC(CO)CCCNC(=O)[C@@H]1CCC[C@@H]1C(=O)O. The molecule has 1 amide bonds. The minimum atomic E-state index is -0.860. The summed E-state index contributed by atoms with van der Waals surface area (Å²) in [5.74, 6) is -1.61. The van der Waals surface area contributed by atoms with Gasteiger partial charge in [-0.1, -0.05) is 13.3 Å². The zero-order chi connectivity index (χ0) is 13.5. The quantitative estimate of drug-likeness (QED) is 0.594. The van der Waals surface area contributed by atoms with Gasteiger partial charge in [-0.25, -0.2) is 0 Å². The molecule has 1 aliphatic rings. The number of rotatable bonds is 7. The Morgan fingerprint density at radius 2 is 2.00 bits per heavy atom. The fourth-order valence-electron chi connectivity index (χ4n) is 2.45. The summed E-state index contributed by atoms with van der Waals surface area (Å²) in [5, 5.41) is 20.7. The van der Waals surface area contributed by atoms with Gasteiger partial charge < -0.3 is 15.5 Å². The predicted molar refractivity (Wildman–Crippen MR) is 67.0 cm³/mol. The van der Waals surface area contributed by atoms with Gasteiger partial charge in [0.25, 0.3) is 0 Å². The van der Waals surface area contributed by atoms with Crippen molar-refractivity contribution in [1.29, 1.82) is 0 Å². The Morgan fingerprint density at radius 3 is 2.61 bits per heavy atom. The number of aliphatic hydroxyl groups is 1. The van der Waals surface area contributed by atoms with Crippen molar-refractivity contribution < 1.29 is 19.8 Å². The molecule has 0 saturated heterocycles. The van der Waals surface area contributed by atoms with E-state index in [1.54, 1.807) is 0 Å². The van der Waals surface area contributed by atoms with Gasteiger partial charge in [-0.05, 0) is 31.6 Å². The molecule has 1 aliphatic carbocycles. The number of aliphatic hydroxyl groups excluding tert-OH is 1. The number of aliphatic carboxylic acids is 1. The molecule has 3 N–H and O–H groups in total. The monoisotopic (exact) mass is 257 g/mol. The zero-order valence-corrected chi connectivity index (χ0v) is 10.9. The topological polar surface area (TPSA) is 86.6 Å². The highest BCUT2D eigenvalue weighted by Crippen LogP contribution is 2.31. The maximum Gasteiger partial charge on any atom is 0.307 e. The van der Waals surface area contributed by atoms with Crippen LogP contribution in [0.3, 0.4) is 0 Å². The molecule has 1 unspecified atom stereocenters. The molecule has 0 bridgehead atoms. The lowest BCUT2D eigenvalue weighted by Gasteiger charge is -2.16. The normalized spacial score (nSPS) is 24.8. The molecular weight excluding hydrogens is 234 g/mol. The Bertz CT molecular complexity index is 293. The van der Waals surface area contributed by atoms with Crippen LogP contribution in [0, 0.1) is 17.8 Å². The molecule has 0 spiro atoms. The van der Waals surface area contributed by atoms with Crippen molar-refractivity contribution >= 4 is 11.9 Å². The highest BCUT2D eigenvalue weighted by atomic mass is 16.4. The van der Waals surface area contributed by atoms with Crippen LogP contribution in [0.4, 0.5) is 0 Å². The Hall–Kier alpha value is -1.10. The van der Waals surface area contributed by atoms with Crippen LogP contribution in [-0.4, -0.2) is 35.2 Å². The fourth-order valence-corrected chi connectivity index (χ4v) is 2.45. The lowest BCUT2D eigenvalue weighted by Crippen LogP contribution is -2.35. The summed E-state index contributed by atoms with van der Waals surface area (Å²) >= 11 is 0. The van der Waals surface area contributed by atoms with E-state index >= 15 is 0 Å². The summed E-state index contributed by atoms with van der Waals surface area (Å²) in [4.78, 5) is 22.8. The van der Waals surface area contributed by atoms with Gasteiger partial charge in [-0.3, -0.25) is 9.59 Å². The van der Waals surface area contributed by atoms with Crippen LogP contribution in [0.1, 0.15) is 39.0 Å². The van der Waals surface area contributed by atoms with E-state index in [1.807, 2.05) is 6.92 Å². The van der Waals surface area contributed by atoms with Crippen molar-refractivity contribution in [3.63, 3.8) is 0 Å². The van der Waals surface area contributed by atoms with Crippen LogP contribution in [-0.2, 0) is 9.59 Å². The first-order chi connectivity index (χ1) is 8.56. The summed E-state index contributed by atoms with van der Waals surface area (Å²) < 4.78 is 0. The van der Waals surface area contributed by atoms with Crippen LogP contribution in [0.15, 0.2) is 0 Å². The Kier molecular flexibility index (Phi) is 6.12. The Morgan fingerprint density at radius 1 is 1.33 bits per heavy atom. The van der Waals surface area contributed by atoms with Crippen molar-refractivity contribution in [1.82, 2.24) is 5.32 Å². The third-order valence-electron chi connectivity index (χ3n) is 3.65. The summed E-state index contributed by atoms with van der Waals surface area (Å²) in [7, 11) is 0. The molecule has 0 aromatic heterocycles. The van der Waals surface area contributed by atoms with Gasteiger partial charge >= 0.3 is 5.97 Å². The van der Waals surface area contributed by atoms with Crippen molar-refractivity contribution in [3.05, 3.63) is 0 Å². The third kappa shape index (κ3) is 4.29. The minimum Gasteiger partial charge on any atom is -0.481 e. The molecule has 104 valence electrons. The first-order valence-corrected chi connectivity index (χ1v) is 6.67. The zero-order valence-electron chi connectivity index (χ0n) is 10.9. The second kappa shape index (κ2) is 7.36. The third-order valence-corrected chi connectivity index (χ3v) is 3.65. The fraction of sp³-hybridized carbons (Fsp3) is 0.846. The predicted octanol–water partition coefficient (Wildman–Crippen LogP) is 1.01. The standard InChI is InChI=1S/C13H23NO4/c1-9(8-15)4-3-7-14-12(16)10-5-2-6-11(10)13(17)18/h9-11,15H,2-8H2,1H3,(H,14,16)(H,17,18)/t9?,10-,11+/m1/s1. The average molecular weight is 257 g/mol. The molecular formula is C13H23NO4. The molecule has 0 aromatic carbocycles. The molecule has 1 fully saturated rings. The highest BCUT2D eigenvalue weighted by Gasteiger charge is 2.37. The number of hydrogen-bond acceptors (Lipinski definition) is 3. The largest absolute Gasteiger partial charge is 0.481 e. The van der Waals surface area contributed by atoms with Gasteiger partial charge in [-0.2, -0.15) is 0 Å². The molecule has 0 aliphatic heterocycles. The molecule has 0 aromatic rings. The van der Waals surface area contributed by atoms with Crippen LogP contribution >= 0.6 is 0 Å². The summed E-state index contributed by atoms with van der Waals surface area (Å²) in [6.45, 7) is 2.68. The second-order valence-electron chi connectivity index (χ2n) is 5.20. The smallest absolute Gasteiger partial charge is 0.307 e. The molecule has 1 saturated carbocycles. The molecule has 3 atom stereocenters. The maximum atomic E-state index is 11.9. The van der Waals surface area contributed by atoms with Crippen molar-refractivity contribution in [2.45, 2.75) is 39.0 Å². The van der Waals surface area contributed by atoms with Gasteiger partial charge in [0.15, 0.2) is 0 Å². The number of carbonyl (C=O) groups is 2. The van der Waals surface area contributed by atoms with Crippen LogP contribution in [0.5, 0.6) is 0 Å². The second-order valence-corrected chi connectivity index (χ2v) is 5.20. The van der Waals surface area contributed by atoms with E-state index < -0.39 is 11.9 Å². The first kappa shape index (κ1) is 15.0. The van der Waals surface area contributed by atoms with Gasteiger partial charge in [0.2, 0.25) is 5.91 Å². The minimum absolute atomic E-state index is 0.128. The lowest BCUT2D eigenvalue weighted by molar-refractivity contribution is -0.146. The number of nitrogens with one attached hydrogen (secondary N) is 1. The van der Waals surface area contributed by atoms with E-state index in [9.17, 15) is 9.59 Å². The van der Waals surface area contributed by atoms with E-state index in [1.165, 1.54) is 0 Å². The number of carboxylic acid groups (broad SMARTS) is 1. The summed E-state index contributed by atoms with van der Waals surface area (Å²) in [6.07, 6.45) is 3.78. The van der Waals surface area contributed by atoms with E-state index in [2.05, 4.69) is 5.32 Å². The molecule has 5 nitrogen and oxygen atoms in total. The summed E-state index contributed by atoms with van der Waals surface area (Å²) in [5.41, 5.74) is 0. The van der Waals surface area contributed by atoms with E-state index in [0.29, 0.717) is 19.4 Å². The lowest BCUT2D eigenvalue weighted by atomic mass is 9.95. The number of hydrogen-bond donors (Lipinski definition) is 3. The van der Waals surface area contributed by atoms with Gasteiger partial charge in [0.1, 0.15) is 0 Å². The van der Waals surface area contributed by atoms with Crippen LogP contribution in [0.2, 0.25) is 0 Å². The first-order valence-electron chi connectivity index (χ1n) is 6.67. The molecule has 1 rings (SSSR count). The molecule has 0 radical (unpaired) electrons. The maximum absolute atomic E-state index is 11.9. The highest BCUT2D eigenvalue weighted by molar-refractivity contribution is 5.85. The van der Waals surface area contributed by atoms with E-state index in [0.717, 1.165) is 19.3 Å². The van der Waals surface area contributed by atoms with Gasteiger partial charge in [-0.15, -0.1) is 0 Å². The molecule has 18 heavy (non-hydrogen) atoms. The van der Waals surface area contributed by atoms with Crippen LogP contribution < -0.4 is 5.32 Å².